The SMILES string of the molecule is CSc1cccc(NCCCC(N)=O)c1C(N)=S. The number of carbonyl (C=O) groups is 1. The molecule has 0 saturated carbocycles. The highest BCUT2D eigenvalue weighted by Crippen LogP contribution is 2.27. The molecule has 0 atom stereocenters. The van der Waals surface area contributed by atoms with Crippen LogP contribution in [-0.4, -0.2) is 23.7 Å². The number of benzene rings is 1. The molecule has 1 aromatic carbocycles. The Balaban J connectivity index is 2.75. The van der Waals surface area contributed by atoms with Crippen LogP contribution in [0.15, 0.2) is 23.1 Å². The predicted octanol–water partition coefficient (Wildman–Crippen LogP) is 1.72. The number of carbonyl (C=O) groups excluding carboxylic acids is 1. The molecule has 0 bridgehead atoms. The molecular weight excluding hydrogens is 266 g/mol. The molecule has 98 valence electrons. The molecule has 0 radical (unpaired) electrons. The minimum absolute atomic E-state index is 0.288. The van der Waals surface area contributed by atoms with Crippen LogP contribution in [-0.2, 0) is 4.79 Å². The van der Waals surface area contributed by atoms with Crippen molar-refractivity contribution in [2.75, 3.05) is 18.1 Å². The number of primary amides is 1. The second-order valence-corrected chi connectivity index (χ2v) is 5.03. The average molecular weight is 283 g/mol. The van der Waals surface area contributed by atoms with Crippen LogP contribution < -0.4 is 16.8 Å². The number of thioether (sulfide) groups is 1. The van der Waals surface area contributed by atoms with Crippen molar-refractivity contribution >= 4 is 40.6 Å². The fourth-order valence-electron chi connectivity index (χ4n) is 1.59. The van der Waals surface area contributed by atoms with Crippen LogP contribution in [0, 0.1) is 0 Å². The van der Waals surface area contributed by atoms with Gasteiger partial charge in [-0.15, -0.1) is 11.8 Å². The van der Waals surface area contributed by atoms with Crippen LogP contribution in [0.2, 0.25) is 0 Å². The maximum Gasteiger partial charge on any atom is 0.217 e. The number of thiocarbonyl (C=S) groups is 1. The van der Waals surface area contributed by atoms with Gasteiger partial charge in [0.05, 0.1) is 0 Å². The van der Waals surface area contributed by atoms with Gasteiger partial charge in [-0.2, -0.15) is 0 Å². The summed E-state index contributed by atoms with van der Waals surface area (Å²) in [6.45, 7) is 0.663. The molecule has 1 rings (SSSR count). The van der Waals surface area contributed by atoms with Crippen molar-refractivity contribution in [1.82, 2.24) is 0 Å². The van der Waals surface area contributed by atoms with Crippen molar-refractivity contribution < 1.29 is 4.79 Å². The molecule has 0 heterocycles. The van der Waals surface area contributed by atoms with E-state index in [-0.39, 0.29) is 5.91 Å². The maximum atomic E-state index is 10.6. The molecule has 0 saturated heterocycles. The van der Waals surface area contributed by atoms with E-state index in [1.165, 1.54) is 0 Å². The minimum Gasteiger partial charge on any atom is -0.389 e. The zero-order valence-electron chi connectivity index (χ0n) is 10.2. The zero-order valence-corrected chi connectivity index (χ0v) is 11.9. The summed E-state index contributed by atoms with van der Waals surface area (Å²) in [6, 6.07) is 5.86. The summed E-state index contributed by atoms with van der Waals surface area (Å²) in [4.78, 5) is 12.1. The normalized spacial score (nSPS) is 10.1. The summed E-state index contributed by atoms with van der Waals surface area (Å²) in [7, 11) is 0. The Morgan fingerprint density at radius 3 is 2.72 bits per heavy atom. The van der Waals surface area contributed by atoms with Crippen LogP contribution in [0.1, 0.15) is 18.4 Å². The zero-order chi connectivity index (χ0) is 13.5. The van der Waals surface area contributed by atoms with E-state index >= 15 is 0 Å². The third-order valence-corrected chi connectivity index (χ3v) is 3.39. The van der Waals surface area contributed by atoms with E-state index in [1.54, 1.807) is 11.8 Å². The molecule has 6 heteroatoms. The molecule has 0 unspecified atom stereocenters. The van der Waals surface area contributed by atoms with Gasteiger partial charge in [0.15, 0.2) is 0 Å². The van der Waals surface area contributed by atoms with Gasteiger partial charge in [0.25, 0.3) is 0 Å². The lowest BCUT2D eigenvalue weighted by atomic mass is 10.1. The van der Waals surface area contributed by atoms with E-state index in [9.17, 15) is 4.79 Å². The summed E-state index contributed by atoms with van der Waals surface area (Å²) < 4.78 is 0. The van der Waals surface area contributed by atoms with Gasteiger partial charge in [-0.1, -0.05) is 18.3 Å². The largest absolute Gasteiger partial charge is 0.389 e. The summed E-state index contributed by atoms with van der Waals surface area (Å²) in [5.41, 5.74) is 12.6. The third kappa shape index (κ3) is 4.19. The van der Waals surface area contributed by atoms with Gasteiger partial charge in [-0.3, -0.25) is 4.79 Å². The van der Waals surface area contributed by atoms with E-state index in [1.807, 2.05) is 24.5 Å². The first-order chi connectivity index (χ1) is 8.56. The fourth-order valence-corrected chi connectivity index (χ4v) is 2.51. The number of rotatable bonds is 7. The van der Waals surface area contributed by atoms with Crippen molar-refractivity contribution in [2.45, 2.75) is 17.7 Å². The van der Waals surface area contributed by atoms with E-state index in [0.717, 1.165) is 16.1 Å². The van der Waals surface area contributed by atoms with Crippen LogP contribution in [0.5, 0.6) is 0 Å². The summed E-state index contributed by atoms with van der Waals surface area (Å²) >= 11 is 6.67. The van der Waals surface area contributed by atoms with E-state index in [2.05, 4.69) is 5.32 Å². The molecule has 5 N–H and O–H groups in total. The van der Waals surface area contributed by atoms with Crippen LogP contribution in [0.25, 0.3) is 0 Å². The van der Waals surface area contributed by atoms with Gasteiger partial charge in [-0.05, 0) is 24.8 Å². The Morgan fingerprint density at radius 1 is 1.44 bits per heavy atom. The number of hydrogen-bond donors (Lipinski definition) is 3. The molecule has 4 nitrogen and oxygen atoms in total. The molecule has 0 aromatic heterocycles. The van der Waals surface area contributed by atoms with E-state index in [4.69, 9.17) is 23.7 Å². The first-order valence-electron chi connectivity index (χ1n) is 5.55. The predicted molar refractivity (Wildman–Crippen MR) is 81.0 cm³/mol. The smallest absolute Gasteiger partial charge is 0.217 e. The second kappa shape index (κ2) is 7.23. The van der Waals surface area contributed by atoms with Gasteiger partial charge in [0.1, 0.15) is 4.99 Å². The molecule has 0 aliphatic carbocycles. The molecule has 18 heavy (non-hydrogen) atoms. The minimum atomic E-state index is -0.288. The fraction of sp³-hybridized carbons (Fsp3) is 0.333. The number of anilines is 1. The Bertz CT molecular complexity index is 449. The van der Waals surface area contributed by atoms with Crippen LogP contribution >= 0.6 is 24.0 Å². The Hall–Kier alpha value is -1.27. The van der Waals surface area contributed by atoms with Gasteiger partial charge in [0, 0.05) is 29.1 Å². The topological polar surface area (TPSA) is 81.1 Å². The quantitative estimate of drug-likeness (QED) is 0.403. The molecular formula is C12H17N3OS2. The molecule has 1 amide bonds. The first-order valence-corrected chi connectivity index (χ1v) is 7.18. The number of nitrogens with two attached hydrogens (primary N) is 2. The van der Waals surface area contributed by atoms with Crippen molar-refractivity contribution in [3.05, 3.63) is 23.8 Å². The first kappa shape index (κ1) is 14.8. The summed E-state index contributed by atoms with van der Waals surface area (Å²) in [5, 5.41) is 3.24. The molecule has 0 aliphatic rings. The lowest BCUT2D eigenvalue weighted by Crippen LogP contribution is -2.16. The Labute approximate surface area is 116 Å². The number of amides is 1. The summed E-state index contributed by atoms with van der Waals surface area (Å²) in [6.07, 6.45) is 3.04. The highest BCUT2D eigenvalue weighted by Gasteiger charge is 2.10. The van der Waals surface area contributed by atoms with Gasteiger partial charge < -0.3 is 16.8 Å². The third-order valence-electron chi connectivity index (χ3n) is 2.41. The highest BCUT2D eigenvalue weighted by atomic mass is 32.2. The lowest BCUT2D eigenvalue weighted by Gasteiger charge is -2.14. The monoisotopic (exact) mass is 283 g/mol. The molecule has 1 aromatic rings. The molecule has 0 aliphatic heterocycles. The lowest BCUT2D eigenvalue weighted by molar-refractivity contribution is -0.118. The van der Waals surface area contributed by atoms with Crippen molar-refractivity contribution in [3.63, 3.8) is 0 Å². The van der Waals surface area contributed by atoms with Crippen molar-refractivity contribution in [3.8, 4) is 0 Å². The van der Waals surface area contributed by atoms with Crippen molar-refractivity contribution in [1.29, 1.82) is 0 Å². The molecule has 0 spiro atoms. The Kier molecular flexibility index (Phi) is 5.94. The van der Waals surface area contributed by atoms with Crippen LogP contribution in [0.3, 0.4) is 0 Å². The second-order valence-electron chi connectivity index (χ2n) is 3.74. The van der Waals surface area contributed by atoms with Crippen molar-refractivity contribution in [2.24, 2.45) is 11.5 Å². The van der Waals surface area contributed by atoms with E-state index < -0.39 is 0 Å². The standard InChI is InChI=1S/C12H17N3OS2/c1-18-9-5-2-4-8(11(9)12(14)17)15-7-3-6-10(13)16/h2,4-5,15H,3,6-7H2,1H3,(H2,13,16)(H2,14,17). The molecule has 0 fully saturated rings. The number of nitrogens with one attached hydrogen (secondary N) is 1. The average Bonchev–Trinajstić information content (AvgIpc) is 2.33. The summed E-state index contributed by atoms with van der Waals surface area (Å²) in [5.74, 6) is -0.288. The van der Waals surface area contributed by atoms with Gasteiger partial charge in [-0.25, -0.2) is 0 Å². The maximum absolute atomic E-state index is 10.6. The van der Waals surface area contributed by atoms with E-state index in [0.29, 0.717) is 24.4 Å². The number of hydrogen-bond acceptors (Lipinski definition) is 4. The Morgan fingerprint density at radius 2 is 2.17 bits per heavy atom. The van der Waals surface area contributed by atoms with Gasteiger partial charge >= 0.3 is 0 Å². The highest BCUT2D eigenvalue weighted by molar-refractivity contribution is 7.98. The van der Waals surface area contributed by atoms with Gasteiger partial charge in [0.2, 0.25) is 5.91 Å². The van der Waals surface area contributed by atoms with Crippen LogP contribution in [0.4, 0.5) is 5.69 Å².